The van der Waals surface area contributed by atoms with Crippen LogP contribution in [0.1, 0.15) is 18.1 Å². The number of aliphatic hydroxyl groups is 2. The van der Waals surface area contributed by atoms with E-state index >= 15 is 0 Å². The summed E-state index contributed by atoms with van der Waals surface area (Å²) >= 11 is 6.59. The molecule has 2 aromatic rings. The van der Waals surface area contributed by atoms with Gasteiger partial charge in [0.1, 0.15) is 6.10 Å². The molecular weight excluding hydrogens is 262 g/mol. The molecule has 2 unspecified atom stereocenters. The van der Waals surface area contributed by atoms with Gasteiger partial charge in [-0.05, 0) is 24.1 Å². The van der Waals surface area contributed by atoms with Crippen LogP contribution in [0.3, 0.4) is 0 Å². The van der Waals surface area contributed by atoms with Crippen molar-refractivity contribution in [2.24, 2.45) is 0 Å². The third kappa shape index (κ3) is 2.69. The Bertz CT molecular complexity index is 565. The molecule has 1 aromatic carbocycles. The highest BCUT2D eigenvalue weighted by molar-refractivity contribution is 7.16. The molecule has 3 N–H and O–H groups in total. The smallest absolute Gasteiger partial charge is 0.305 e. The summed E-state index contributed by atoms with van der Waals surface area (Å²) in [5, 5.41) is 19.5. The first-order valence-corrected chi connectivity index (χ1v) is 6.52. The standard InChI is InChI=1S/C11H12ClNO3S/c12-4-3-8(14)10(15)6-1-2-7-9(5-6)17-11(16)13-7/h1-2,5,8,10,14-15H,3-4H2,(H,13,16). The molecule has 2 rings (SSSR count). The minimum Gasteiger partial charge on any atom is -0.390 e. The average Bonchev–Trinajstić information content (AvgIpc) is 2.67. The molecule has 1 aromatic heterocycles. The van der Waals surface area contributed by atoms with Crippen LogP contribution in [0.2, 0.25) is 0 Å². The van der Waals surface area contributed by atoms with Crippen molar-refractivity contribution in [2.45, 2.75) is 18.6 Å². The van der Waals surface area contributed by atoms with Gasteiger partial charge in [0.05, 0.1) is 16.3 Å². The van der Waals surface area contributed by atoms with E-state index < -0.39 is 12.2 Å². The zero-order valence-electron chi connectivity index (χ0n) is 8.89. The minimum absolute atomic E-state index is 0.132. The number of alkyl halides is 1. The van der Waals surface area contributed by atoms with Gasteiger partial charge < -0.3 is 15.2 Å². The summed E-state index contributed by atoms with van der Waals surface area (Å²) in [6, 6.07) is 5.12. The van der Waals surface area contributed by atoms with Gasteiger partial charge in [-0.15, -0.1) is 11.6 Å². The zero-order chi connectivity index (χ0) is 12.4. The van der Waals surface area contributed by atoms with Crippen LogP contribution in [0.4, 0.5) is 0 Å². The number of aromatic amines is 1. The lowest BCUT2D eigenvalue weighted by Gasteiger charge is -2.16. The van der Waals surface area contributed by atoms with Crippen molar-refractivity contribution in [2.75, 3.05) is 5.88 Å². The van der Waals surface area contributed by atoms with E-state index in [0.29, 0.717) is 12.0 Å². The summed E-state index contributed by atoms with van der Waals surface area (Å²) in [6.45, 7) is 0. The minimum atomic E-state index is -0.977. The lowest BCUT2D eigenvalue weighted by molar-refractivity contribution is 0.0171. The summed E-state index contributed by atoms with van der Waals surface area (Å²) in [5.74, 6) is 0.290. The van der Waals surface area contributed by atoms with Crippen molar-refractivity contribution in [3.8, 4) is 0 Å². The fraction of sp³-hybridized carbons (Fsp3) is 0.364. The Morgan fingerprint density at radius 1 is 1.41 bits per heavy atom. The fourth-order valence-electron chi connectivity index (χ4n) is 1.64. The number of aliphatic hydroxyl groups excluding tert-OH is 2. The Morgan fingerprint density at radius 2 is 2.18 bits per heavy atom. The summed E-state index contributed by atoms with van der Waals surface area (Å²) < 4.78 is 0.768. The number of H-pyrrole nitrogens is 1. The number of halogens is 1. The van der Waals surface area contributed by atoms with Gasteiger partial charge in [0.15, 0.2) is 0 Å². The van der Waals surface area contributed by atoms with E-state index in [-0.39, 0.29) is 10.8 Å². The first kappa shape index (κ1) is 12.6. The largest absolute Gasteiger partial charge is 0.390 e. The average molecular weight is 274 g/mol. The van der Waals surface area contributed by atoms with Gasteiger partial charge >= 0.3 is 4.87 Å². The number of hydrogen-bond acceptors (Lipinski definition) is 4. The van der Waals surface area contributed by atoms with Crippen LogP contribution in [0, 0.1) is 0 Å². The molecule has 92 valence electrons. The molecule has 0 saturated heterocycles. The van der Waals surface area contributed by atoms with E-state index in [1.54, 1.807) is 18.2 Å². The molecule has 0 spiro atoms. The third-order valence-electron chi connectivity index (χ3n) is 2.56. The highest BCUT2D eigenvalue weighted by Crippen LogP contribution is 2.24. The summed E-state index contributed by atoms with van der Waals surface area (Å²) in [4.78, 5) is 13.7. The second-order valence-corrected chi connectivity index (χ2v) is 5.15. The van der Waals surface area contributed by atoms with E-state index in [2.05, 4.69) is 4.98 Å². The number of hydrogen-bond donors (Lipinski definition) is 3. The Kier molecular flexibility index (Phi) is 3.83. The predicted octanol–water partition coefficient (Wildman–Crippen LogP) is 1.61. The summed E-state index contributed by atoms with van der Waals surface area (Å²) in [5.41, 5.74) is 1.33. The second-order valence-electron chi connectivity index (χ2n) is 3.76. The van der Waals surface area contributed by atoms with E-state index in [9.17, 15) is 15.0 Å². The molecule has 0 aliphatic carbocycles. The lowest BCUT2D eigenvalue weighted by Crippen LogP contribution is -2.18. The van der Waals surface area contributed by atoms with Crippen LogP contribution in [-0.4, -0.2) is 27.2 Å². The second kappa shape index (κ2) is 5.18. The molecule has 0 amide bonds. The molecule has 0 saturated carbocycles. The predicted molar refractivity (Wildman–Crippen MR) is 68.7 cm³/mol. The number of fused-ring (bicyclic) bond motifs is 1. The SMILES string of the molecule is O=c1[nH]c2ccc(C(O)C(O)CCCl)cc2s1. The maximum Gasteiger partial charge on any atom is 0.305 e. The first-order chi connectivity index (χ1) is 8.11. The zero-order valence-corrected chi connectivity index (χ0v) is 10.5. The van der Waals surface area contributed by atoms with Gasteiger partial charge in [0.2, 0.25) is 0 Å². The maximum atomic E-state index is 11.1. The van der Waals surface area contributed by atoms with E-state index in [1.165, 1.54) is 0 Å². The van der Waals surface area contributed by atoms with Crippen molar-refractivity contribution in [1.29, 1.82) is 0 Å². The van der Waals surface area contributed by atoms with Crippen LogP contribution in [-0.2, 0) is 0 Å². The Labute approximate surface area is 106 Å². The van der Waals surface area contributed by atoms with Gasteiger partial charge in [-0.3, -0.25) is 4.79 Å². The topological polar surface area (TPSA) is 73.3 Å². The van der Waals surface area contributed by atoms with Crippen molar-refractivity contribution in [1.82, 2.24) is 4.98 Å². The molecule has 0 bridgehead atoms. The molecule has 1 heterocycles. The highest BCUT2D eigenvalue weighted by Gasteiger charge is 2.18. The van der Waals surface area contributed by atoms with E-state index in [1.807, 2.05) is 0 Å². The third-order valence-corrected chi connectivity index (χ3v) is 3.62. The Balaban J connectivity index is 2.32. The van der Waals surface area contributed by atoms with Crippen LogP contribution in [0.25, 0.3) is 10.2 Å². The van der Waals surface area contributed by atoms with Crippen molar-refractivity contribution >= 4 is 33.2 Å². The van der Waals surface area contributed by atoms with Crippen molar-refractivity contribution in [3.63, 3.8) is 0 Å². The van der Waals surface area contributed by atoms with Crippen molar-refractivity contribution < 1.29 is 10.2 Å². The van der Waals surface area contributed by atoms with Gasteiger partial charge in [-0.25, -0.2) is 0 Å². The molecule has 2 atom stereocenters. The lowest BCUT2D eigenvalue weighted by atomic mass is 10.0. The van der Waals surface area contributed by atoms with Gasteiger partial charge in [-0.2, -0.15) is 0 Å². The Morgan fingerprint density at radius 3 is 2.88 bits per heavy atom. The molecule has 4 nitrogen and oxygen atoms in total. The fourth-order valence-corrected chi connectivity index (χ4v) is 2.65. The first-order valence-electron chi connectivity index (χ1n) is 5.16. The van der Waals surface area contributed by atoms with Crippen LogP contribution in [0.15, 0.2) is 23.0 Å². The van der Waals surface area contributed by atoms with E-state index in [4.69, 9.17) is 11.6 Å². The van der Waals surface area contributed by atoms with Crippen LogP contribution >= 0.6 is 22.9 Å². The molecule has 0 aliphatic heterocycles. The van der Waals surface area contributed by atoms with Crippen LogP contribution < -0.4 is 4.87 Å². The van der Waals surface area contributed by atoms with E-state index in [0.717, 1.165) is 21.6 Å². The van der Waals surface area contributed by atoms with Crippen LogP contribution in [0.5, 0.6) is 0 Å². The highest BCUT2D eigenvalue weighted by atomic mass is 35.5. The number of rotatable bonds is 4. The molecule has 0 aliphatic rings. The molecular formula is C11H12ClNO3S. The number of benzene rings is 1. The number of aromatic nitrogens is 1. The quantitative estimate of drug-likeness (QED) is 0.741. The normalized spacial score (nSPS) is 15.0. The molecule has 0 fully saturated rings. The van der Waals surface area contributed by atoms with Crippen molar-refractivity contribution in [3.05, 3.63) is 33.4 Å². The molecule has 0 radical (unpaired) electrons. The molecule has 17 heavy (non-hydrogen) atoms. The van der Waals surface area contributed by atoms with Gasteiger partial charge in [-0.1, -0.05) is 17.4 Å². The number of nitrogens with one attached hydrogen (secondary N) is 1. The van der Waals surface area contributed by atoms with Gasteiger partial charge in [0.25, 0.3) is 0 Å². The number of thiazole rings is 1. The summed E-state index contributed by atoms with van der Waals surface area (Å²) in [6.07, 6.45) is -1.54. The summed E-state index contributed by atoms with van der Waals surface area (Å²) in [7, 11) is 0. The molecule has 6 heteroatoms. The monoisotopic (exact) mass is 273 g/mol. The Hall–Kier alpha value is -0.880. The van der Waals surface area contributed by atoms with Gasteiger partial charge in [0, 0.05) is 5.88 Å². The maximum absolute atomic E-state index is 11.1.